The van der Waals surface area contributed by atoms with Gasteiger partial charge in [0.15, 0.2) is 0 Å². The molecule has 0 aliphatic carbocycles. The third-order valence-corrected chi connectivity index (χ3v) is 2.87. The average Bonchev–Trinajstić information content (AvgIpc) is 2.55. The quantitative estimate of drug-likeness (QED) is 0.826. The van der Waals surface area contributed by atoms with Gasteiger partial charge in [-0.05, 0) is 13.3 Å². The van der Waals surface area contributed by atoms with Gasteiger partial charge in [-0.2, -0.15) is 0 Å². The van der Waals surface area contributed by atoms with Crippen molar-refractivity contribution in [1.82, 2.24) is 5.32 Å². The largest absolute Gasteiger partial charge is 0.428 e. The van der Waals surface area contributed by atoms with E-state index in [1.54, 1.807) is 0 Å². The molecule has 1 unspecified atom stereocenters. The zero-order chi connectivity index (χ0) is 11.8. The van der Waals surface area contributed by atoms with Gasteiger partial charge in [0, 0.05) is 5.56 Å². The van der Waals surface area contributed by atoms with Crippen molar-refractivity contribution < 1.29 is 14.3 Å². The highest BCUT2D eigenvalue weighted by Gasteiger charge is 2.48. The molecular formula is C12H13NO3. The molecule has 1 N–H and O–H groups in total. The Bertz CT molecular complexity index is 438. The Morgan fingerprint density at radius 1 is 1.25 bits per heavy atom. The molecule has 2 amide bonds. The number of aryl methyl sites for hydroxylation is 1. The number of hydrogen-bond donors (Lipinski definition) is 1. The fraction of sp³-hybridized carbons (Fsp3) is 0.333. The molecule has 16 heavy (non-hydrogen) atoms. The highest BCUT2D eigenvalue weighted by molar-refractivity contribution is 6.03. The van der Waals surface area contributed by atoms with Gasteiger partial charge in [0.05, 0.1) is 0 Å². The Hall–Kier alpha value is -1.84. The summed E-state index contributed by atoms with van der Waals surface area (Å²) in [6, 6.07) is 7.42. The minimum Gasteiger partial charge on any atom is -0.428 e. The molecule has 84 valence electrons. The number of benzene rings is 1. The Morgan fingerprint density at radius 2 is 1.88 bits per heavy atom. The van der Waals surface area contributed by atoms with Crippen molar-refractivity contribution >= 4 is 12.0 Å². The van der Waals surface area contributed by atoms with E-state index in [0.29, 0.717) is 12.0 Å². The molecule has 1 aromatic carbocycles. The standard InChI is InChI=1S/C12H13NO3/c1-3-12(10(14)13-11(15)16-12)9-6-4-8(2)5-7-9/h4-7H,3H2,1-2H3,(H,13,14,15). The normalized spacial score (nSPS) is 24.1. The second-order valence-electron chi connectivity index (χ2n) is 3.89. The van der Waals surface area contributed by atoms with Gasteiger partial charge in [-0.3, -0.25) is 10.1 Å². The molecule has 0 spiro atoms. The highest BCUT2D eigenvalue weighted by Crippen LogP contribution is 2.33. The molecular weight excluding hydrogens is 206 g/mol. The van der Waals surface area contributed by atoms with E-state index in [1.807, 2.05) is 38.1 Å². The third kappa shape index (κ3) is 1.46. The van der Waals surface area contributed by atoms with E-state index in [4.69, 9.17) is 4.74 Å². The molecule has 1 aromatic rings. The predicted molar refractivity (Wildman–Crippen MR) is 57.8 cm³/mol. The molecule has 0 bridgehead atoms. The lowest BCUT2D eigenvalue weighted by atomic mass is 9.90. The van der Waals surface area contributed by atoms with Crippen molar-refractivity contribution in [3.63, 3.8) is 0 Å². The van der Waals surface area contributed by atoms with Crippen molar-refractivity contribution in [2.24, 2.45) is 0 Å². The van der Waals surface area contributed by atoms with Crippen molar-refractivity contribution in [2.45, 2.75) is 25.9 Å². The van der Waals surface area contributed by atoms with Crippen LogP contribution in [0.3, 0.4) is 0 Å². The van der Waals surface area contributed by atoms with Crippen LogP contribution < -0.4 is 5.32 Å². The number of rotatable bonds is 2. The first-order chi connectivity index (χ1) is 7.58. The maximum absolute atomic E-state index is 11.8. The average molecular weight is 219 g/mol. The van der Waals surface area contributed by atoms with Crippen LogP contribution >= 0.6 is 0 Å². The first-order valence-corrected chi connectivity index (χ1v) is 5.20. The first kappa shape index (κ1) is 10.7. The lowest BCUT2D eigenvalue weighted by molar-refractivity contribution is -0.132. The number of amides is 2. The van der Waals surface area contributed by atoms with E-state index >= 15 is 0 Å². The smallest absolute Gasteiger partial charge is 0.415 e. The van der Waals surface area contributed by atoms with Crippen LogP contribution in [0.15, 0.2) is 24.3 Å². The van der Waals surface area contributed by atoms with Crippen molar-refractivity contribution in [1.29, 1.82) is 0 Å². The van der Waals surface area contributed by atoms with E-state index < -0.39 is 11.7 Å². The SMILES string of the molecule is CCC1(c2ccc(C)cc2)OC(=O)NC1=O. The molecule has 0 radical (unpaired) electrons. The van der Waals surface area contributed by atoms with Crippen molar-refractivity contribution in [2.75, 3.05) is 0 Å². The predicted octanol–water partition coefficient (Wildman–Crippen LogP) is 1.87. The van der Waals surface area contributed by atoms with Gasteiger partial charge >= 0.3 is 6.09 Å². The summed E-state index contributed by atoms with van der Waals surface area (Å²) in [5.41, 5.74) is 0.661. The molecule has 1 saturated heterocycles. The minimum atomic E-state index is -1.15. The number of carbonyl (C=O) groups is 2. The first-order valence-electron chi connectivity index (χ1n) is 5.20. The molecule has 1 heterocycles. The van der Waals surface area contributed by atoms with Gasteiger partial charge in [0.2, 0.25) is 5.60 Å². The van der Waals surface area contributed by atoms with Crippen molar-refractivity contribution in [3.05, 3.63) is 35.4 Å². The van der Waals surface area contributed by atoms with Crippen LogP contribution in [0.5, 0.6) is 0 Å². The molecule has 1 fully saturated rings. The summed E-state index contributed by atoms with van der Waals surface area (Å²) in [4.78, 5) is 22.9. The van der Waals surface area contributed by atoms with Gasteiger partial charge in [0.25, 0.3) is 5.91 Å². The summed E-state index contributed by atoms with van der Waals surface area (Å²) >= 11 is 0. The second kappa shape index (κ2) is 3.63. The fourth-order valence-electron chi connectivity index (χ4n) is 1.87. The van der Waals surface area contributed by atoms with E-state index in [2.05, 4.69) is 5.32 Å². The van der Waals surface area contributed by atoms with Crippen LogP contribution in [0.1, 0.15) is 24.5 Å². The molecule has 0 saturated carbocycles. The molecule has 1 aliphatic rings. The van der Waals surface area contributed by atoms with Crippen LogP contribution in [0.2, 0.25) is 0 Å². The minimum absolute atomic E-state index is 0.385. The monoisotopic (exact) mass is 219 g/mol. The molecule has 0 aromatic heterocycles. The molecule has 1 atom stereocenters. The lowest BCUT2D eigenvalue weighted by Gasteiger charge is -2.23. The topological polar surface area (TPSA) is 55.4 Å². The second-order valence-corrected chi connectivity index (χ2v) is 3.89. The Kier molecular flexibility index (Phi) is 2.42. The van der Waals surface area contributed by atoms with E-state index in [0.717, 1.165) is 5.56 Å². The Morgan fingerprint density at radius 3 is 2.31 bits per heavy atom. The summed E-state index contributed by atoms with van der Waals surface area (Å²) in [5, 5.41) is 2.17. The molecule has 2 rings (SSSR count). The zero-order valence-electron chi connectivity index (χ0n) is 9.24. The van der Waals surface area contributed by atoms with E-state index in [1.165, 1.54) is 0 Å². The maximum atomic E-state index is 11.8. The van der Waals surface area contributed by atoms with Gasteiger partial charge < -0.3 is 4.74 Å². The number of hydrogen-bond acceptors (Lipinski definition) is 3. The molecule has 4 heteroatoms. The van der Waals surface area contributed by atoms with Gasteiger partial charge in [-0.15, -0.1) is 0 Å². The van der Waals surface area contributed by atoms with Crippen LogP contribution in [-0.2, 0) is 15.1 Å². The van der Waals surface area contributed by atoms with Gasteiger partial charge in [-0.25, -0.2) is 4.79 Å². The number of cyclic esters (lactones) is 1. The fourth-order valence-corrected chi connectivity index (χ4v) is 1.87. The van der Waals surface area contributed by atoms with Gasteiger partial charge in [0.1, 0.15) is 0 Å². The summed E-state index contributed by atoms with van der Waals surface area (Å²) in [7, 11) is 0. The number of imide groups is 1. The summed E-state index contributed by atoms with van der Waals surface area (Å²) in [6.07, 6.45) is -0.249. The van der Waals surface area contributed by atoms with Crippen LogP contribution in [-0.4, -0.2) is 12.0 Å². The van der Waals surface area contributed by atoms with Crippen molar-refractivity contribution in [3.8, 4) is 0 Å². The van der Waals surface area contributed by atoms with E-state index in [9.17, 15) is 9.59 Å². The molecule has 1 aliphatic heterocycles. The van der Waals surface area contributed by atoms with Crippen LogP contribution in [0.4, 0.5) is 4.79 Å². The summed E-state index contributed by atoms with van der Waals surface area (Å²) < 4.78 is 5.14. The van der Waals surface area contributed by atoms with Crippen LogP contribution in [0.25, 0.3) is 0 Å². The highest BCUT2D eigenvalue weighted by atomic mass is 16.6. The number of carbonyl (C=O) groups excluding carboxylic acids is 2. The Balaban J connectivity index is 2.46. The van der Waals surface area contributed by atoms with E-state index in [-0.39, 0.29) is 5.91 Å². The van der Waals surface area contributed by atoms with Crippen LogP contribution in [0, 0.1) is 6.92 Å². The zero-order valence-corrected chi connectivity index (χ0v) is 9.24. The number of alkyl carbamates (subject to hydrolysis) is 1. The number of nitrogens with one attached hydrogen (secondary N) is 1. The third-order valence-electron chi connectivity index (χ3n) is 2.87. The van der Waals surface area contributed by atoms with Gasteiger partial charge in [-0.1, -0.05) is 36.8 Å². The maximum Gasteiger partial charge on any atom is 0.415 e. The summed E-state index contributed by atoms with van der Waals surface area (Å²) in [6.45, 7) is 3.78. The Labute approximate surface area is 93.6 Å². The molecule has 4 nitrogen and oxygen atoms in total. The number of ether oxygens (including phenoxy) is 1. The summed E-state index contributed by atoms with van der Waals surface area (Å²) in [5.74, 6) is -0.385. The lowest BCUT2D eigenvalue weighted by Crippen LogP contribution is -2.35.